The molecule has 0 aromatic heterocycles. The minimum atomic E-state index is -1.05. The molecule has 1 aliphatic rings. The summed E-state index contributed by atoms with van der Waals surface area (Å²) in [5.74, 6) is 0. The van der Waals surface area contributed by atoms with Gasteiger partial charge in [-0.1, -0.05) is 92.4 Å². The van der Waals surface area contributed by atoms with Crippen LogP contribution in [0.4, 0.5) is 11.4 Å². The van der Waals surface area contributed by atoms with Crippen LogP contribution in [-0.4, -0.2) is 13.2 Å². The van der Waals surface area contributed by atoms with Gasteiger partial charge in [0, 0.05) is 57.7 Å². The fourth-order valence-corrected chi connectivity index (χ4v) is 12.6. The molecule has 8 heteroatoms. The van der Waals surface area contributed by atoms with Crippen molar-refractivity contribution >= 4 is 48.0 Å². The standard InChI is InChI=1S/C42H48N2P2.C4H8O.2ClH.Zn/c1-25-17-29(5)39(30(6)18-25)45(40-31(7)19-26(2)20-32(40)8)43-37-15-13-14-16-38(37)44-46(41-33(9)21-27(3)22-34(41)10)42-35(11)23-28(4)24-36(42)12;1-2-4-5-3-1;;;/h13-24H,1-12H3;1-4H2;2*1H;/q+2;;;;+2/p-2. The van der Waals surface area contributed by atoms with Crippen molar-refractivity contribution in [3.63, 3.8) is 0 Å². The molecule has 1 heterocycles. The monoisotopic (exact) mass is 848 g/mol. The maximum absolute atomic E-state index is 5.74. The van der Waals surface area contributed by atoms with Crippen LogP contribution >= 0.6 is 15.4 Å². The van der Waals surface area contributed by atoms with Crippen LogP contribution in [0, 0.1) is 83.1 Å². The molecule has 1 aliphatic heterocycles. The summed E-state index contributed by atoms with van der Waals surface area (Å²) >= 11 is 0. The number of rotatable bonds is 6. The van der Waals surface area contributed by atoms with Gasteiger partial charge in [0.1, 0.15) is 11.4 Å². The Morgan fingerprint density at radius 3 is 0.815 bits per heavy atom. The van der Waals surface area contributed by atoms with E-state index in [2.05, 4.69) is 156 Å². The van der Waals surface area contributed by atoms with Crippen LogP contribution in [-0.2, 0) is 24.2 Å². The van der Waals surface area contributed by atoms with Crippen LogP contribution in [0.5, 0.6) is 0 Å². The van der Waals surface area contributed by atoms with Crippen molar-refractivity contribution in [1.82, 2.24) is 0 Å². The van der Waals surface area contributed by atoms with Crippen molar-refractivity contribution in [2.24, 2.45) is 9.49 Å². The second-order valence-electron chi connectivity index (χ2n) is 14.6. The predicted octanol–water partition coefficient (Wildman–Crippen LogP) is 6.09. The van der Waals surface area contributed by atoms with Crippen LogP contribution in [0.25, 0.3) is 0 Å². The molecule has 0 radical (unpaired) electrons. The third-order valence-corrected chi connectivity index (χ3v) is 14.9. The van der Waals surface area contributed by atoms with Gasteiger partial charge in [0.15, 0.2) is 21.2 Å². The maximum Gasteiger partial charge on any atom is 2.00 e. The molecule has 0 N–H and O–H groups in total. The Kier molecular flexibility index (Phi) is 18.6. The summed E-state index contributed by atoms with van der Waals surface area (Å²) in [5.41, 5.74) is 17.5. The Bertz CT molecular complexity index is 1810. The van der Waals surface area contributed by atoms with Gasteiger partial charge in [0.05, 0.1) is 0 Å². The quantitative estimate of drug-likeness (QED) is 0.151. The molecular weight excluding hydrogens is 795 g/mol. The van der Waals surface area contributed by atoms with Gasteiger partial charge in [-0.3, -0.25) is 0 Å². The summed E-state index contributed by atoms with van der Waals surface area (Å²) in [7, 11) is -2.09. The molecule has 0 spiro atoms. The summed E-state index contributed by atoms with van der Waals surface area (Å²) in [6.07, 6.45) is 2.56. The molecule has 5 aromatic rings. The van der Waals surface area contributed by atoms with Crippen molar-refractivity contribution in [2.75, 3.05) is 13.2 Å². The topological polar surface area (TPSA) is 34.0 Å². The van der Waals surface area contributed by atoms with Gasteiger partial charge < -0.3 is 29.6 Å². The summed E-state index contributed by atoms with van der Waals surface area (Å²) in [5, 5.41) is 5.40. The molecule has 280 valence electrons. The van der Waals surface area contributed by atoms with E-state index >= 15 is 0 Å². The van der Waals surface area contributed by atoms with E-state index in [4.69, 9.17) is 14.2 Å². The van der Waals surface area contributed by atoms with Gasteiger partial charge in [0.25, 0.3) is 15.4 Å². The van der Waals surface area contributed by atoms with Crippen LogP contribution in [0.1, 0.15) is 79.6 Å². The summed E-state index contributed by atoms with van der Waals surface area (Å²) in [6, 6.07) is 27.1. The molecule has 6 rings (SSSR count). The SMILES string of the molecule is C1CCOC1.Cc1cc(C)c([P+](=Nc2ccccc2N=[P+](c2c(C)cc(C)cc2C)c2c(C)cc(C)cc2C)c2c(C)cc(C)cc2C)c(C)c1.[Cl-].[Cl-].[Zn+2]. The average molecular weight is 851 g/mol. The van der Waals surface area contributed by atoms with Gasteiger partial charge in [-0.25, -0.2) is 0 Å². The second-order valence-corrected chi connectivity index (χ2v) is 18.1. The Morgan fingerprint density at radius 2 is 0.630 bits per heavy atom. The zero-order valence-corrected chi connectivity index (χ0v) is 40.7. The van der Waals surface area contributed by atoms with Crippen molar-refractivity contribution in [3.05, 3.63) is 140 Å². The predicted molar refractivity (Wildman–Crippen MR) is 226 cm³/mol. The molecule has 1 saturated heterocycles. The van der Waals surface area contributed by atoms with Crippen LogP contribution < -0.4 is 46.0 Å². The normalized spacial score (nSPS) is 11.6. The molecule has 1 fully saturated rings. The van der Waals surface area contributed by atoms with Crippen molar-refractivity contribution in [1.29, 1.82) is 0 Å². The van der Waals surface area contributed by atoms with Crippen molar-refractivity contribution < 1.29 is 49.0 Å². The third kappa shape index (κ3) is 11.3. The van der Waals surface area contributed by atoms with Gasteiger partial charge in [-0.15, -0.1) is 0 Å². The Balaban J connectivity index is 0.00000116. The van der Waals surface area contributed by atoms with Crippen LogP contribution in [0.2, 0.25) is 0 Å². The molecule has 54 heavy (non-hydrogen) atoms. The van der Waals surface area contributed by atoms with Gasteiger partial charge in [0.2, 0.25) is 0 Å². The van der Waals surface area contributed by atoms with E-state index in [1.54, 1.807) is 0 Å². The number of halogens is 2. The number of benzene rings is 5. The summed E-state index contributed by atoms with van der Waals surface area (Å²) in [6.45, 7) is 28.8. The van der Waals surface area contributed by atoms with E-state index < -0.39 is 15.4 Å². The first-order valence-electron chi connectivity index (χ1n) is 18.3. The molecular formula is C46H56Cl2N2OP2Zn+2. The van der Waals surface area contributed by atoms with Gasteiger partial charge in [-0.05, 0) is 108 Å². The van der Waals surface area contributed by atoms with Gasteiger partial charge >= 0.3 is 19.5 Å². The van der Waals surface area contributed by atoms with E-state index in [1.165, 1.54) is 101 Å². The van der Waals surface area contributed by atoms with E-state index in [9.17, 15) is 0 Å². The summed E-state index contributed by atoms with van der Waals surface area (Å²) < 4.78 is 16.4. The van der Waals surface area contributed by atoms with E-state index in [0.717, 1.165) is 24.6 Å². The molecule has 0 aliphatic carbocycles. The largest absolute Gasteiger partial charge is 2.00 e. The van der Waals surface area contributed by atoms with Gasteiger partial charge in [-0.2, -0.15) is 0 Å². The molecule has 0 atom stereocenters. The molecule has 5 aromatic carbocycles. The van der Waals surface area contributed by atoms with Crippen LogP contribution in [0.15, 0.2) is 82.3 Å². The first kappa shape index (κ1) is 47.6. The Hall–Kier alpha value is -2.54. The number of nitrogens with zero attached hydrogens (tertiary/aromatic N) is 2. The minimum Gasteiger partial charge on any atom is -1.00 e. The number of ether oxygens (including phenoxy) is 1. The first-order valence-corrected chi connectivity index (χ1v) is 20.9. The molecule has 0 amide bonds. The molecule has 0 bridgehead atoms. The maximum atomic E-state index is 5.74. The molecule has 0 unspecified atom stereocenters. The average Bonchev–Trinajstić information content (AvgIpc) is 3.60. The Morgan fingerprint density at radius 1 is 0.407 bits per heavy atom. The van der Waals surface area contributed by atoms with E-state index in [0.29, 0.717) is 0 Å². The second kappa shape index (κ2) is 21.1. The Labute approximate surface area is 353 Å². The van der Waals surface area contributed by atoms with Crippen molar-refractivity contribution in [2.45, 2.75) is 95.9 Å². The fourth-order valence-electron chi connectivity index (χ4n) is 7.81. The minimum absolute atomic E-state index is 0. The van der Waals surface area contributed by atoms with E-state index in [-0.39, 0.29) is 44.3 Å². The first-order chi connectivity index (χ1) is 24.2. The van der Waals surface area contributed by atoms with E-state index in [1.807, 2.05) is 0 Å². The van der Waals surface area contributed by atoms with Crippen molar-refractivity contribution in [3.8, 4) is 0 Å². The number of aryl methyl sites for hydroxylation is 12. The molecule has 0 saturated carbocycles. The smallest absolute Gasteiger partial charge is 1.00 e. The van der Waals surface area contributed by atoms with Crippen LogP contribution in [0.3, 0.4) is 0 Å². The zero-order valence-electron chi connectivity index (χ0n) is 34.4. The molecule has 3 nitrogen and oxygen atoms in total. The zero-order chi connectivity index (χ0) is 37.0. The summed E-state index contributed by atoms with van der Waals surface area (Å²) in [4.78, 5) is 0. The fraction of sp³-hybridized carbons (Fsp3) is 0.348. The number of hydrogen-bond donors (Lipinski definition) is 0. The number of hydrogen-bond acceptors (Lipinski definition) is 3. The third-order valence-electron chi connectivity index (χ3n) is 9.51.